The highest BCUT2D eigenvalue weighted by atomic mass is 32.2. The lowest BCUT2D eigenvalue weighted by Crippen LogP contribution is -2.38. The fraction of sp³-hybridized carbons (Fsp3) is 0.444. The van der Waals surface area contributed by atoms with Gasteiger partial charge in [-0.2, -0.15) is 0 Å². The van der Waals surface area contributed by atoms with Crippen molar-refractivity contribution in [1.29, 1.82) is 0 Å². The summed E-state index contributed by atoms with van der Waals surface area (Å²) in [6.45, 7) is 1.24. The number of hydrogen-bond donors (Lipinski definition) is 2. The standard InChI is InChI=1S/C9H13NO5S/c1-7(9(11)12)16(13,14)10-5-4-8-3-2-6-15-8/h2-3,6-7,10H,4-5H2,1H3,(H,11,12). The molecular formula is C9H13NO5S. The van der Waals surface area contributed by atoms with Crippen molar-refractivity contribution in [2.24, 2.45) is 0 Å². The molecule has 2 N–H and O–H groups in total. The van der Waals surface area contributed by atoms with E-state index < -0.39 is 21.2 Å². The molecule has 1 aromatic rings. The monoisotopic (exact) mass is 247 g/mol. The summed E-state index contributed by atoms with van der Waals surface area (Å²) in [4.78, 5) is 10.5. The first kappa shape index (κ1) is 12.7. The van der Waals surface area contributed by atoms with Gasteiger partial charge in [0, 0.05) is 13.0 Å². The van der Waals surface area contributed by atoms with Gasteiger partial charge in [-0.15, -0.1) is 0 Å². The van der Waals surface area contributed by atoms with E-state index >= 15 is 0 Å². The van der Waals surface area contributed by atoms with Crippen LogP contribution in [0.1, 0.15) is 12.7 Å². The van der Waals surface area contributed by atoms with E-state index in [0.29, 0.717) is 12.2 Å². The maximum Gasteiger partial charge on any atom is 0.323 e. The predicted octanol–water partition coefficient (Wildman–Crippen LogP) is 0.215. The van der Waals surface area contributed by atoms with Crippen molar-refractivity contribution in [2.75, 3.05) is 6.54 Å². The maximum absolute atomic E-state index is 11.4. The molecule has 0 amide bonds. The van der Waals surface area contributed by atoms with Crippen LogP contribution in [0.25, 0.3) is 0 Å². The molecule has 7 heteroatoms. The SMILES string of the molecule is CC(C(=O)O)S(=O)(=O)NCCc1ccco1. The molecule has 1 unspecified atom stereocenters. The van der Waals surface area contributed by atoms with E-state index in [4.69, 9.17) is 9.52 Å². The van der Waals surface area contributed by atoms with Crippen LogP contribution in [0, 0.1) is 0 Å². The van der Waals surface area contributed by atoms with Gasteiger partial charge in [0.05, 0.1) is 6.26 Å². The van der Waals surface area contributed by atoms with Crippen LogP contribution in [-0.2, 0) is 21.2 Å². The van der Waals surface area contributed by atoms with Crippen LogP contribution in [0.2, 0.25) is 0 Å². The average molecular weight is 247 g/mol. The van der Waals surface area contributed by atoms with Gasteiger partial charge in [0.1, 0.15) is 5.76 Å². The molecule has 1 atom stereocenters. The third-order valence-electron chi connectivity index (χ3n) is 2.07. The third kappa shape index (κ3) is 3.35. The quantitative estimate of drug-likeness (QED) is 0.749. The largest absolute Gasteiger partial charge is 0.480 e. The molecule has 0 aliphatic carbocycles. The molecule has 6 nitrogen and oxygen atoms in total. The van der Waals surface area contributed by atoms with Gasteiger partial charge < -0.3 is 9.52 Å². The van der Waals surface area contributed by atoms with Gasteiger partial charge in [-0.3, -0.25) is 4.79 Å². The van der Waals surface area contributed by atoms with Crippen molar-refractivity contribution in [3.05, 3.63) is 24.2 Å². The van der Waals surface area contributed by atoms with Crippen molar-refractivity contribution >= 4 is 16.0 Å². The second-order valence-corrected chi connectivity index (χ2v) is 5.33. The van der Waals surface area contributed by atoms with Gasteiger partial charge >= 0.3 is 5.97 Å². The Bertz CT molecular complexity index is 436. The van der Waals surface area contributed by atoms with Gasteiger partial charge in [0.2, 0.25) is 10.0 Å². The summed E-state index contributed by atoms with van der Waals surface area (Å²) < 4.78 is 30.0. The Morgan fingerprint density at radius 1 is 1.62 bits per heavy atom. The first-order valence-electron chi connectivity index (χ1n) is 4.67. The first-order chi connectivity index (χ1) is 7.43. The van der Waals surface area contributed by atoms with Crippen LogP contribution in [0.3, 0.4) is 0 Å². The lowest BCUT2D eigenvalue weighted by molar-refractivity contribution is -0.136. The Hall–Kier alpha value is -1.34. The highest BCUT2D eigenvalue weighted by Gasteiger charge is 2.26. The van der Waals surface area contributed by atoms with Crippen LogP contribution in [0.4, 0.5) is 0 Å². The molecule has 0 aromatic carbocycles. The normalized spacial score (nSPS) is 13.6. The number of carbonyl (C=O) groups is 1. The summed E-state index contributed by atoms with van der Waals surface area (Å²) >= 11 is 0. The Kier molecular flexibility index (Phi) is 4.08. The van der Waals surface area contributed by atoms with E-state index in [-0.39, 0.29) is 6.54 Å². The van der Waals surface area contributed by atoms with E-state index in [2.05, 4.69) is 4.72 Å². The van der Waals surface area contributed by atoms with Crippen LogP contribution in [-0.4, -0.2) is 31.3 Å². The van der Waals surface area contributed by atoms with Crippen molar-refractivity contribution in [1.82, 2.24) is 4.72 Å². The molecule has 0 spiro atoms. The van der Waals surface area contributed by atoms with Crippen LogP contribution in [0.15, 0.2) is 22.8 Å². The number of rotatable bonds is 6. The zero-order valence-electron chi connectivity index (χ0n) is 8.71. The highest BCUT2D eigenvalue weighted by Crippen LogP contribution is 2.02. The van der Waals surface area contributed by atoms with Crippen molar-refractivity contribution in [3.63, 3.8) is 0 Å². The molecule has 1 rings (SSSR count). The Labute approximate surface area is 93.3 Å². The highest BCUT2D eigenvalue weighted by molar-refractivity contribution is 7.90. The third-order valence-corrected chi connectivity index (χ3v) is 3.81. The summed E-state index contributed by atoms with van der Waals surface area (Å²) in [6, 6.07) is 3.42. The molecule has 0 aliphatic rings. The molecule has 16 heavy (non-hydrogen) atoms. The molecule has 0 aliphatic heterocycles. The van der Waals surface area contributed by atoms with Gasteiger partial charge in [-0.25, -0.2) is 13.1 Å². The van der Waals surface area contributed by atoms with Crippen molar-refractivity contribution < 1.29 is 22.7 Å². The molecular weight excluding hydrogens is 234 g/mol. The van der Waals surface area contributed by atoms with E-state index in [0.717, 1.165) is 6.92 Å². The first-order valence-corrected chi connectivity index (χ1v) is 6.22. The van der Waals surface area contributed by atoms with Gasteiger partial charge in [-0.1, -0.05) is 0 Å². The zero-order chi connectivity index (χ0) is 12.2. The molecule has 1 heterocycles. The fourth-order valence-corrected chi connectivity index (χ4v) is 1.93. The Morgan fingerprint density at radius 2 is 2.31 bits per heavy atom. The van der Waals surface area contributed by atoms with Crippen molar-refractivity contribution in [2.45, 2.75) is 18.6 Å². The van der Waals surface area contributed by atoms with Crippen LogP contribution >= 0.6 is 0 Å². The summed E-state index contributed by atoms with van der Waals surface area (Å²) in [5.41, 5.74) is 0. The summed E-state index contributed by atoms with van der Waals surface area (Å²) in [5, 5.41) is 7.11. The molecule has 1 aromatic heterocycles. The summed E-state index contributed by atoms with van der Waals surface area (Å²) in [5.74, 6) is -0.726. The second-order valence-electron chi connectivity index (χ2n) is 3.25. The predicted molar refractivity (Wildman–Crippen MR) is 56.4 cm³/mol. The second kappa shape index (κ2) is 5.13. The van der Waals surface area contributed by atoms with Crippen LogP contribution < -0.4 is 4.72 Å². The molecule has 0 bridgehead atoms. The van der Waals surface area contributed by atoms with Gasteiger partial charge in [0.25, 0.3) is 0 Å². The summed E-state index contributed by atoms with van der Waals surface area (Å²) in [7, 11) is -3.80. The minimum absolute atomic E-state index is 0.119. The topological polar surface area (TPSA) is 96.6 Å². The minimum atomic E-state index is -3.80. The lowest BCUT2D eigenvalue weighted by atomic mass is 10.3. The fourth-order valence-electron chi connectivity index (χ4n) is 1.03. The van der Waals surface area contributed by atoms with Crippen LogP contribution in [0.5, 0.6) is 0 Å². The number of carboxylic acid groups (broad SMARTS) is 1. The van der Waals surface area contributed by atoms with E-state index in [1.165, 1.54) is 6.26 Å². The Morgan fingerprint density at radius 3 is 2.81 bits per heavy atom. The van der Waals surface area contributed by atoms with Crippen molar-refractivity contribution in [3.8, 4) is 0 Å². The molecule has 0 radical (unpaired) electrons. The number of hydrogen-bond acceptors (Lipinski definition) is 4. The summed E-state index contributed by atoms with van der Waals surface area (Å²) in [6.07, 6.45) is 1.88. The average Bonchev–Trinajstić information content (AvgIpc) is 2.69. The number of aliphatic carboxylic acids is 1. The molecule has 0 fully saturated rings. The lowest BCUT2D eigenvalue weighted by Gasteiger charge is -2.09. The number of sulfonamides is 1. The van der Waals surface area contributed by atoms with E-state index in [1.54, 1.807) is 12.1 Å². The Balaban J connectivity index is 2.46. The number of nitrogens with one attached hydrogen (secondary N) is 1. The van der Waals surface area contributed by atoms with E-state index in [9.17, 15) is 13.2 Å². The van der Waals surface area contributed by atoms with Gasteiger partial charge in [0.15, 0.2) is 5.25 Å². The number of furan rings is 1. The van der Waals surface area contributed by atoms with Gasteiger partial charge in [-0.05, 0) is 19.1 Å². The molecule has 0 saturated carbocycles. The maximum atomic E-state index is 11.4. The minimum Gasteiger partial charge on any atom is -0.480 e. The number of carboxylic acids is 1. The smallest absolute Gasteiger partial charge is 0.323 e. The van der Waals surface area contributed by atoms with E-state index in [1.807, 2.05) is 0 Å². The molecule has 0 saturated heterocycles. The molecule has 90 valence electrons. The zero-order valence-corrected chi connectivity index (χ0v) is 9.53.